The molecule has 0 aromatic rings. The third-order valence-electron chi connectivity index (χ3n) is 4.24. The monoisotopic (exact) mass is 260 g/mol. The smallest absolute Gasteiger partial charge is 0.0704 e. The molecule has 0 aromatic heterocycles. The van der Waals surface area contributed by atoms with Gasteiger partial charge in [0.2, 0.25) is 0 Å². The van der Waals surface area contributed by atoms with Crippen LogP contribution in [-0.4, -0.2) is 50.9 Å². The first-order valence-corrected chi connectivity index (χ1v) is 7.07. The minimum Gasteiger partial charge on any atom is -0.392 e. The minimum absolute atomic E-state index is 0.0178. The first-order valence-electron chi connectivity index (χ1n) is 7.07. The Morgan fingerprint density at radius 1 is 1.11 bits per heavy atom. The standard InChI is InChI=1S/C14H28O4/c1-4-14(5-2)12(15)11-13(14)18-10-9-17-8-6-7-16-3/h12-13,15H,4-11H2,1-3H3. The lowest BCUT2D eigenvalue weighted by Gasteiger charge is -2.52. The Hall–Kier alpha value is -0.160. The van der Waals surface area contributed by atoms with E-state index in [1.165, 1.54) is 0 Å². The first kappa shape index (κ1) is 15.9. The topological polar surface area (TPSA) is 47.9 Å². The fraction of sp³-hybridized carbons (Fsp3) is 1.00. The Morgan fingerprint density at radius 2 is 1.83 bits per heavy atom. The van der Waals surface area contributed by atoms with E-state index in [2.05, 4.69) is 13.8 Å². The second-order valence-electron chi connectivity index (χ2n) is 5.01. The molecule has 4 nitrogen and oxygen atoms in total. The number of hydrogen-bond donors (Lipinski definition) is 1. The predicted molar refractivity (Wildman–Crippen MR) is 70.7 cm³/mol. The van der Waals surface area contributed by atoms with Gasteiger partial charge in [0.25, 0.3) is 0 Å². The molecular weight excluding hydrogens is 232 g/mol. The average molecular weight is 260 g/mol. The van der Waals surface area contributed by atoms with Crippen LogP contribution in [0.5, 0.6) is 0 Å². The van der Waals surface area contributed by atoms with Crippen molar-refractivity contribution in [2.24, 2.45) is 5.41 Å². The van der Waals surface area contributed by atoms with Crippen LogP contribution < -0.4 is 0 Å². The lowest BCUT2D eigenvalue weighted by Crippen LogP contribution is -2.57. The molecule has 1 aliphatic carbocycles. The number of aliphatic hydroxyl groups excluding tert-OH is 1. The third-order valence-corrected chi connectivity index (χ3v) is 4.24. The molecule has 1 aliphatic rings. The van der Waals surface area contributed by atoms with Gasteiger partial charge in [-0.05, 0) is 19.3 Å². The van der Waals surface area contributed by atoms with Gasteiger partial charge in [0.1, 0.15) is 0 Å². The van der Waals surface area contributed by atoms with Gasteiger partial charge in [-0.1, -0.05) is 13.8 Å². The van der Waals surface area contributed by atoms with E-state index in [1.54, 1.807) is 7.11 Å². The van der Waals surface area contributed by atoms with Gasteiger partial charge < -0.3 is 19.3 Å². The second-order valence-corrected chi connectivity index (χ2v) is 5.01. The van der Waals surface area contributed by atoms with Gasteiger partial charge in [-0.3, -0.25) is 0 Å². The third kappa shape index (κ3) is 3.67. The van der Waals surface area contributed by atoms with Gasteiger partial charge in [-0.2, -0.15) is 0 Å². The van der Waals surface area contributed by atoms with Crippen LogP contribution >= 0.6 is 0 Å². The number of hydrogen-bond acceptors (Lipinski definition) is 4. The molecule has 0 radical (unpaired) electrons. The summed E-state index contributed by atoms with van der Waals surface area (Å²) < 4.78 is 16.2. The number of rotatable bonds is 10. The molecule has 18 heavy (non-hydrogen) atoms. The van der Waals surface area contributed by atoms with Crippen molar-refractivity contribution in [2.75, 3.05) is 33.5 Å². The highest BCUT2D eigenvalue weighted by Crippen LogP contribution is 2.48. The van der Waals surface area contributed by atoms with E-state index in [-0.39, 0.29) is 17.6 Å². The largest absolute Gasteiger partial charge is 0.392 e. The average Bonchev–Trinajstić information content (AvgIpc) is 2.38. The molecule has 0 amide bonds. The molecule has 0 heterocycles. The van der Waals surface area contributed by atoms with Crippen molar-refractivity contribution in [3.8, 4) is 0 Å². The zero-order chi connectivity index (χ0) is 13.4. The lowest BCUT2D eigenvalue weighted by atomic mass is 9.60. The van der Waals surface area contributed by atoms with Gasteiger partial charge in [-0.25, -0.2) is 0 Å². The van der Waals surface area contributed by atoms with Crippen molar-refractivity contribution in [3.63, 3.8) is 0 Å². The predicted octanol–water partition coefficient (Wildman–Crippen LogP) is 2.00. The van der Waals surface area contributed by atoms with E-state index >= 15 is 0 Å². The molecular formula is C14H28O4. The summed E-state index contributed by atoms with van der Waals surface area (Å²) >= 11 is 0. The summed E-state index contributed by atoms with van der Waals surface area (Å²) in [5.74, 6) is 0. The minimum atomic E-state index is -0.194. The summed E-state index contributed by atoms with van der Waals surface area (Å²) in [5, 5.41) is 9.90. The Morgan fingerprint density at radius 3 is 2.39 bits per heavy atom. The maximum Gasteiger partial charge on any atom is 0.0704 e. The van der Waals surface area contributed by atoms with Crippen LogP contribution in [0.3, 0.4) is 0 Å². The van der Waals surface area contributed by atoms with Crippen molar-refractivity contribution in [1.82, 2.24) is 0 Å². The van der Waals surface area contributed by atoms with E-state index < -0.39 is 0 Å². The fourth-order valence-electron chi connectivity index (χ4n) is 2.79. The zero-order valence-corrected chi connectivity index (χ0v) is 12.0. The Bertz CT molecular complexity index is 216. The molecule has 1 fully saturated rings. The quantitative estimate of drug-likeness (QED) is 0.610. The normalized spacial score (nSPS) is 26.0. The molecule has 2 atom stereocenters. The van der Waals surface area contributed by atoms with Crippen molar-refractivity contribution >= 4 is 0 Å². The number of ether oxygens (including phenoxy) is 3. The van der Waals surface area contributed by atoms with E-state index in [0.29, 0.717) is 13.2 Å². The molecule has 0 spiro atoms. The molecule has 0 saturated heterocycles. The van der Waals surface area contributed by atoms with Crippen LogP contribution in [0, 0.1) is 5.41 Å². The maximum atomic E-state index is 9.90. The van der Waals surface area contributed by atoms with E-state index in [4.69, 9.17) is 14.2 Å². The molecule has 0 aromatic carbocycles. The lowest BCUT2D eigenvalue weighted by molar-refractivity contribution is -0.199. The van der Waals surface area contributed by atoms with Crippen molar-refractivity contribution in [3.05, 3.63) is 0 Å². The number of aliphatic hydroxyl groups is 1. The Labute approximate surface area is 111 Å². The Balaban J connectivity index is 2.09. The maximum absolute atomic E-state index is 9.90. The highest BCUT2D eigenvalue weighted by Gasteiger charge is 2.52. The summed E-state index contributed by atoms with van der Waals surface area (Å²) in [6, 6.07) is 0. The van der Waals surface area contributed by atoms with Crippen LogP contribution in [0.4, 0.5) is 0 Å². The molecule has 4 heteroatoms. The second kappa shape index (κ2) is 8.10. The van der Waals surface area contributed by atoms with Crippen LogP contribution in [0.15, 0.2) is 0 Å². The van der Waals surface area contributed by atoms with Gasteiger partial charge in [0.05, 0.1) is 25.4 Å². The molecule has 1 saturated carbocycles. The summed E-state index contributed by atoms with van der Waals surface area (Å²) in [6.45, 7) is 6.96. The molecule has 1 rings (SSSR count). The summed E-state index contributed by atoms with van der Waals surface area (Å²) in [4.78, 5) is 0. The Kier molecular flexibility index (Phi) is 7.15. The summed E-state index contributed by atoms with van der Waals surface area (Å²) in [7, 11) is 1.69. The number of methoxy groups -OCH3 is 1. The SMILES string of the molecule is CCC1(CC)C(O)CC1OCCOCCCOC. The zero-order valence-electron chi connectivity index (χ0n) is 12.0. The fourth-order valence-corrected chi connectivity index (χ4v) is 2.79. The molecule has 108 valence electrons. The highest BCUT2D eigenvalue weighted by atomic mass is 16.5. The summed E-state index contributed by atoms with van der Waals surface area (Å²) in [5.41, 5.74) is -0.0178. The van der Waals surface area contributed by atoms with Crippen LogP contribution in [-0.2, 0) is 14.2 Å². The molecule has 0 aliphatic heterocycles. The van der Waals surface area contributed by atoms with Gasteiger partial charge in [-0.15, -0.1) is 0 Å². The molecule has 0 bridgehead atoms. The van der Waals surface area contributed by atoms with Gasteiger partial charge in [0.15, 0.2) is 0 Å². The summed E-state index contributed by atoms with van der Waals surface area (Å²) in [6.07, 6.45) is 3.65. The molecule has 2 unspecified atom stereocenters. The van der Waals surface area contributed by atoms with E-state index in [9.17, 15) is 5.11 Å². The van der Waals surface area contributed by atoms with E-state index in [0.717, 1.165) is 38.9 Å². The van der Waals surface area contributed by atoms with Gasteiger partial charge in [0, 0.05) is 32.2 Å². The van der Waals surface area contributed by atoms with Crippen LogP contribution in [0.2, 0.25) is 0 Å². The van der Waals surface area contributed by atoms with Crippen molar-refractivity contribution in [1.29, 1.82) is 0 Å². The van der Waals surface area contributed by atoms with Crippen molar-refractivity contribution < 1.29 is 19.3 Å². The van der Waals surface area contributed by atoms with Crippen LogP contribution in [0.1, 0.15) is 39.5 Å². The van der Waals surface area contributed by atoms with E-state index in [1.807, 2.05) is 0 Å². The van der Waals surface area contributed by atoms with Gasteiger partial charge >= 0.3 is 0 Å². The highest BCUT2D eigenvalue weighted by molar-refractivity contribution is 5.02. The van der Waals surface area contributed by atoms with Crippen molar-refractivity contribution in [2.45, 2.75) is 51.7 Å². The van der Waals surface area contributed by atoms with Crippen LogP contribution in [0.25, 0.3) is 0 Å². The molecule has 1 N–H and O–H groups in total. The first-order chi connectivity index (χ1) is 8.71.